The van der Waals surface area contributed by atoms with Crippen LogP contribution in [0, 0.1) is 0 Å². The first kappa shape index (κ1) is 14.8. The van der Waals surface area contributed by atoms with Gasteiger partial charge in [-0.05, 0) is 32.9 Å². The van der Waals surface area contributed by atoms with Crippen molar-refractivity contribution in [2.24, 2.45) is 7.05 Å². The van der Waals surface area contributed by atoms with Gasteiger partial charge in [0.15, 0.2) is 0 Å². The maximum Gasteiger partial charge on any atom is 0.108 e. The molecular weight excluding hydrogens is 250 g/mol. The molecule has 0 saturated heterocycles. The van der Waals surface area contributed by atoms with Crippen molar-refractivity contribution in [2.75, 3.05) is 7.05 Å². The van der Waals surface area contributed by atoms with Crippen LogP contribution in [-0.4, -0.2) is 26.4 Å². The summed E-state index contributed by atoms with van der Waals surface area (Å²) in [7, 11) is 4.06. The Kier molecular flexibility index (Phi) is 4.95. The zero-order chi connectivity index (χ0) is 14.5. The summed E-state index contributed by atoms with van der Waals surface area (Å²) >= 11 is 0. The highest BCUT2D eigenvalue weighted by molar-refractivity contribution is 5.15. The van der Waals surface area contributed by atoms with Gasteiger partial charge in [0, 0.05) is 38.4 Å². The van der Waals surface area contributed by atoms with Crippen LogP contribution in [0.15, 0.2) is 18.5 Å². The minimum Gasteiger partial charge on any atom is -0.338 e. The maximum absolute atomic E-state index is 4.63. The Hall–Kier alpha value is -1.62. The lowest BCUT2D eigenvalue weighted by Gasteiger charge is -2.17. The number of nitrogens with one attached hydrogen (secondary N) is 1. The topological polar surface area (TPSA) is 47.7 Å². The van der Waals surface area contributed by atoms with Gasteiger partial charge in [-0.3, -0.25) is 4.68 Å². The molecule has 0 fully saturated rings. The summed E-state index contributed by atoms with van der Waals surface area (Å²) in [6.45, 7) is 5.20. The largest absolute Gasteiger partial charge is 0.338 e. The molecule has 2 rings (SSSR count). The molecule has 5 nitrogen and oxygen atoms in total. The summed E-state index contributed by atoms with van der Waals surface area (Å²) in [5.41, 5.74) is 2.44. The van der Waals surface area contributed by atoms with E-state index in [1.807, 2.05) is 26.5 Å². The monoisotopic (exact) mass is 275 g/mol. The third-order valence-electron chi connectivity index (χ3n) is 3.81. The highest BCUT2D eigenvalue weighted by atomic mass is 15.3. The Balaban J connectivity index is 2.11. The number of hydrogen-bond acceptors (Lipinski definition) is 3. The fraction of sp³-hybridized carbons (Fsp3) is 0.600. The molecule has 1 unspecified atom stereocenters. The molecule has 1 atom stereocenters. The zero-order valence-corrected chi connectivity index (χ0v) is 12.9. The molecule has 0 bridgehead atoms. The standard InChI is InChI=1S/C15H25N5/c1-5-12-11-14(20(6-2)18-12)13(16-3)7-8-15-17-9-10-19(15)4/h9-11,13,16H,5-8H2,1-4H3. The van der Waals surface area contributed by atoms with Gasteiger partial charge in [0.05, 0.1) is 11.4 Å². The highest BCUT2D eigenvalue weighted by Crippen LogP contribution is 2.20. The molecule has 20 heavy (non-hydrogen) atoms. The first-order chi connectivity index (χ1) is 9.69. The molecule has 0 spiro atoms. The maximum atomic E-state index is 4.63. The Morgan fingerprint density at radius 2 is 2.15 bits per heavy atom. The van der Waals surface area contributed by atoms with Gasteiger partial charge >= 0.3 is 0 Å². The fourth-order valence-electron chi connectivity index (χ4n) is 2.54. The van der Waals surface area contributed by atoms with Crippen molar-refractivity contribution in [3.63, 3.8) is 0 Å². The van der Waals surface area contributed by atoms with Gasteiger partial charge in [-0.25, -0.2) is 4.98 Å². The average Bonchev–Trinajstić information content (AvgIpc) is 3.06. The second-order valence-corrected chi connectivity index (χ2v) is 5.06. The molecular formula is C15H25N5. The number of hydrogen-bond donors (Lipinski definition) is 1. The van der Waals surface area contributed by atoms with E-state index in [0.717, 1.165) is 31.6 Å². The molecule has 110 valence electrons. The molecule has 0 aromatic carbocycles. The van der Waals surface area contributed by atoms with Crippen LogP contribution in [0.4, 0.5) is 0 Å². The molecule has 2 heterocycles. The SMILES string of the molecule is CCc1cc(C(CCc2nccn2C)NC)n(CC)n1. The van der Waals surface area contributed by atoms with Gasteiger partial charge in [0.2, 0.25) is 0 Å². The first-order valence-corrected chi connectivity index (χ1v) is 7.39. The normalized spacial score (nSPS) is 12.8. The van der Waals surface area contributed by atoms with Crippen LogP contribution < -0.4 is 5.32 Å². The summed E-state index contributed by atoms with van der Waals surface area (Å²) in [5.74, 6) is 1.13. The molecule has 0 aliphatic heterocycles. The Morgan fingerprint density at radius 3 is 2.70 bits per heavy atom. The van der Waals surface area contributed by atoms with Gasteiger partial charge in [-0.15, -0.1) is 0 Å². The molecule has 2 aromatic rings. The molecule has 0 saturated carbocycles. The van der Waals surface area contributed by atoms with E-state index in [4.69, 9.17) is 0 Å². The quantitative estimate of drug-likeness (QED) is 0.841. The van der Waals surface area contributed by atoms with E-state index < -0.39 is 0 Å². The molecule has 1 N–H and O–H groups in total. The molecule has 0 radical (unpaired) electrons. The van der Waals surface area contributed by atoms with Gasteiger partial charge < -0.3 is 9.88 Å². The van der Waals surface area contributed by atoms with Crippen LogP contribution in [-0.2, 0) is 26.4 Å². The molecule has 0 aliphatic rings. The lowest BCUT2D eigenvalue weighted by atomic mass is 10.1. The predicted octanol–water partition coefficient (Wildman–Crippen LogP) is 2.09. The van der Waals surface area contributed by atoms with Crippen LogP contribution >= 0.6 is 0 Å². The van der Waals surface area contributed by atoms with E-state index in [1.54, 1.807) is 0 Å². The second kappa shape index (κ2) is 6.70. The smallest absolute Gasteiger partial charge is 0.108 e. The van der Waals surface area contributed by atoms with E-state index in [1.165, 1.54) is 11.4 Å². The van der Waals surface area contributed by atoms with Crippen molar-refractivity contribution in [3.05, 3.63) is 35.7 Å². The van der Waals surface area contributed by atoms with Crippen LogP contribution in [0.3, 0.4) is 0 Å². The molecule has 0 aliphatic carbocycles. The summed E-state index contributed by atoms with van der Waals surface area (Å²) < 4.78 is 4.19. The number of nitrogens with zero attached hydrogens (tertiary/aromatic N) is 4. The Morgan fingerprint density at radius 1 is 1.35 bits per heavy atom. The van der Waals surface area contributed by atoms with Gasteiger partial charge in [-0.1, -0.05) is 6.92 Å². The molecule has 0 amide bonds. The average molecular weight is 275 g/mol. The number of aryl methyl sites for hydroxylation is 4. The summed E-state index contributed by atoms with van der Waals surface area (Å²) in [6, 6.07) is 2.54. The fourth-order valence-corrected chi connectivity index (χ4v) is 2.54. The Labute approximate surface area is 121 Å². The number of aromatic nitrogens is 4. The van der Waals surface area contributed by atoms with Crippen LogP contribution in [0.1, 0.15) is 43.5 Å². The minimum absolute atomic E-state index is 0.319. The lowest BCUT2D eigenvalue weighted by Crippen LogP contribution is -2.21. The number of rotatable bonds is 7. The summed E-state index contributed by atoms with van der Waals surface area (Å²) in [5, 5.41) is 8.05. The van der Waals surface area contributed by atoms with Crippen molar-refractivity contribution in [2.45, 2.75) is 45.7 Å². The van der Waals surface area contributed by atoms with E-state index >= 15 is 0 Å². The third kappa shape index (κ3) is 3.10. The first-order valence-electron chi connectivity index (χ1n) is 7.39. The second-order valence-electron chi connectivity index (χ2n) is 5.06. The summed E-state index contributed by atoms with van der Waals surface area (Å²) in [4.78, 5) is 4.39. The highest BCUT2D eigenvalue weighted by Gasteiger charge is 2.16. The molecule has 5 heteroatoms. The number of imidazole rings is 1. The van der Waals surface area contributed by atoms with E-state index in [-0.39, 0.29) is 0 Å². The minimum atomic E-state index is 0.319. The lowest BCUT2D eigenvalue weighted by molar-refractivity contribution is 0.481. The van der Waals surface area contributed by atoms with Gasteiger partial charge in [0.1, 0.15) is 5.82 Å². The van der Waals surface area contributed by atoms with Crippen LogP contribution in [0.2, 0.25) is 0 Å². The van der Waals surface area contributed by atoms with Crippen molar-refractivity contribution in [3.8, 4) is 0 Å². The summed E-state index contributed by atoms with van der Waals surface area (Å²) in [6.07, 6.45) is 6.82. The third-order valence-corrected chi connectivity index (χ3v) is 3.81. The zero-order valence-electron chi connectivity index (χ0n) is 12.9. The van der Waals surface area contributed by atoms with Crippen molar-refractivity contribution in [1.29, 1.82) is 0 Å². The van der Waals surface area contributed by atoms with Crippen LogP contribution in [0.25, 0.3) is 0 Å². The van der Waals surface area contributed by atoms with Crippen molar-refractivity contribution >= 4 is 0 Å². The predicted molar refractivity (Wildman–Crippen MR) is 80.6 cm³/mol. The van der Waals surface area contributed by atoms with Gasteiger partial charge in [-0.2, -0.15) is 5.10 Å². The van der Waals surface area contributed by atoms with E-state index in [0.29, 0.717) is 6.04 Å². The van der Waals surface area contributed by atoms with Crippen LogP contribution in [0.5, 0.6) is 0 Å². The van der Waals surface area contributed by atoms with E-state index in [9.17, 15) is 0 Å². The van der Waals surface area contributed by atoms with Gasteiger partial charge in [0.25, 0.3) is 0 Å². The Bertz CT molecular complexity index is 540. The van der Waals surface area contributed by atoms with Crippen molar-refractivity contribution in [1.82, 2.24) is 24.6 Å². The van der Waals surface area contributed by atoms with Crippen molar-refractivity contribution < 1.29 is 0 Å². The molecule has 2 aromatic heterocycles. The van der Waals surface area contributed by atoms with E-state index in [2.05, 4.69) is 44.6 Å².